The number of nitrogens with one attached hydrogen (secondary N) is 1. The van der Waals surface area contributed by atoms with Crippen molar-refractivity contribution in [2.75, 3.05) is 32.8 Å². The van der Waals surface area contributed by atoms with Crippen LogP contribution >= 0.6 is 0 Å². The van der Waals surface area contributed by atoms with Crippen molar-refractivity contribution in [2.24, 2.45) is 0 Å². The molecule has 0 aromatic heterocycles. The predicted molar refractivity (Wildman–Crippen MR) is 79.5 cm³/mol. The number of hydrogen-bond donors (Lipinski definition) is 2. The number of rotatable bonds is 9. The van der Waals surface area contributed by atoms with Gasteiger partial charge in [-0.25, -0.2) is 0 Å². The Hall–Kier alpha value is -0.160. The number of likely N-dealkylation sites (N-methyl/N-ethyl adjacent to an activating group) is 1. The van der Waals surface area contributed by atoms with E-state index >= 15 is 0 Å². The summed E-state index contributed by atoms with van der Waals surface area (Å²) < 4.78 is 5.70. The van der Waals surface area contributed by atoms with Crippen molar-refractivity contribution in [2.45, 2.75) is 64.6 Å². The van der Waals surface area contributed by atoms with Gasteiger partial charge < -0.3 is 20.1 Å². The molecule has 2 atom stereocenters. The molecule has 1 fully saturated rings. The maximum absolute atomic E-state index is 9.60. The highest BCUT2D eigenvalue weighted by Crippen LogP contribution is 2.15. The Kier molecular flexibility index (Phi) is 7.29. The van der Waals surface area contributed by atoms with E-state index in [4.69, 9.17) is 4.74 Å². The summed E-state index contributed by atoms with van der Waals surface area (Å²) in [6.45, 7) is 12.7. The monoisotopic (exact) mass is 272 g/mol. The van der Waals surface area contributed by atoms with E-state index in [9.17, 15) is 5.11 Å². The largest absolute Gasteiger partial charge is 0.394 e. The molecule has 0 radical (unpaired) electrons. The van der Waals surface area contributed by atoms with Gasteiger partial charge in [-0.05, 0) is 32.7 Å². The highest BCUT2D eigenvalue weighted by atomic mass is 16.5. The zero-order valence-electron chi connectivity index (χ0n) is 13.1. The molecule has 4 nitrogen and oxygen atoms in total. The highest BCUT2D eigenvalue weighted by molar-refractivity contribution is 4.85. The van der Waals surface area contributed by atoms with E-state index < -0.39 is 0 Å². The lowest BCUT2D eigenvalue weighted by atomic mass is 9.97. The van der Waals surface area contributed by atoms with Crippen LogP contribution in [-0.2, 0) is 4.74 Å². The van der Waals surface area contributed by atoms with Gasteiger partial charge in [0.2, 0.25) is 0 Å². The Morgan fingerprint density at radius 1 is 1.47 bits per heavy atom. The van der Waals surface area contributed by atoms with Crippen LogP contribution in [0, 0.1) is 0 Å². The molecule has 0 spiro atoms. The molecule has 0 amide bonds. The smallest absolute Gasteiger partial charge is 0.0702 e. The number of aliphatic hydroxyl groups excluding tert-OH is 1. The molecule has 2 N–H and O–H groups in total. The third-order valence-corrected chi connectivity index (χ3v) is 3.90. The molecule has 4 heteroatoms. The quantitative estimate of drug-likeness (QED) is 0.669. The molecular weight excluding hydrogens is 240 g/mol. The first kappa shape index (κ1) is 16.9. The first-order valence-corrected chi connectivity index (χ1v) is 7.71. The van der Waals surface area contributed by atoms with Crippen LogP contribution in [0.4, 0.5) is 0 Å². The first-order chi connectivity index (χ1) is 8.99. The summed E-state index contributed by atoms with van der Waals surface area (Å²) in [6.07, 6.45) is 3.77. The van der Waals surface area contributed by atoms with E-state index in [1.165, 1.54) is 12.8 Å². The van der Waals surface area contributed by atoms with Crippen molar-refractivity contribution in [1.29, 1.82) is 0 Å². The Labute approximate surface area is 118 Å². The van der Waals surface area contributed by atoms with Gasteiger partial charge in [0.15, 0.2) is 0 Å². The summed E-state index contributed by atoms with van der Waals surface area (Å²) in [5.41, 5.74) is -0.182. The standard InChI is InChI=1S/C15H32N2O2/c1-5-17(11-14-7-6-10-19-14)9-8-15(4,12-18)16-13(2)3/h13-14,16,18H,5-12H2,1-4H3. The third kappa shape index (κ3) is 6.21. The Bertz CT molecular complexity index is 242. The molecule has 1 aliphatic heterocycles. The Morgan fingerprint density at radius 3 is 2.68 bits per heavy atom. The zero-order valence-corrected chi connectivity index (χ0v) is 13.1. The summed E-state index contributed by atoms with van der Waals surface area (Å²) in [7, 11) is 0. The second-order valence-corrected chi connectivity index (χ2v) is 6.30. The van der Waals surface area contributed by atoms with Crippen LogP contribution in [-0.4, -0.2) is 60.5 Å². The predicted octanol–water partition coefficient (Wildman–Crippen LogP) is 1.63. The molecule has 0 aromatic carbocycles. The lowest BCUT2D eigenvalue weighted by Gasteiger charge is -2.34. The van der Waals surface area contributed by atoms with Gasteiger partial charge in [-0.2, -0.15) is 0 Å². The molecule has 0 saturated carbocycles. The zero-order chi connectivity index (χ0) is 14.3. The molecule has 1 saturated heterocycles. The molecular formula is C15H32N2O2. The van der Waals surface area contributed by atoms with E-state index in [-0.39, 0.29) is 12.1 Å². The van der Waals surface area contributed by atoms with E-state index in [1.807, 2.05) is 0 Å². The van der Waals surface area contributed by atoms with E-state index in [1.54, 1.807) is 0 Å². The second kappa shape index (κ2) is 8.20. The maximum atomic E-state index is 9.60. The van der Waals surface area contributed by atoms with Crippen LogP contribution in [0.25, 0.3) is 0 Å². The van der Waals surface area contributed by atoms with Crippen LogP contribution in [0.5, 0.6) is 0 Å². The fraction of sp³-hybridized carbons (Fsp3) is 1.00. The lowest BCUT2D eigenvalue weighted by molar-refractivity contribution is 0.0675. The molecule has 0 aromatic rings. The van der Waals surface area contributed by atoms with Crippen LogP contribution in [0.1, 0.15) is 47.0 Å². The van der Waals surface area contributed by atoms with Crippen molar-refractivity contribution in [3.8, 4) is 0 Å². The van der Waals surface area contributed by atoms with Gasteiger partial charge in [0, 0.05) is 31.3 Å². The number of ether oxygens (including phenoxy) is 1. The normalized spacial score (nSPS) is 23.2. The summed E-state index contributed by atoms with van der Waals surface area (Å²) in [6, 6.07) is 0.394. The minimum absolute atomic E-state index is 0.182. The van der Waals surface area contributed by atoms with E-state index in [0.717, 1.165) is 32.7 Å². The molecule has 114 valence electrons. The molecule has 1 heterocycles. The number of hydrogen-bond acceptors (Lipinski definition) is 4. The molecule has 0 aliphatic carbocycles. The van der Waals surface area contributed by atoms with Crippen LogP contribution in [0.15, 0.2) is 0 Å². The van der Waals surface area contributed by atoms with Gasteiger partial charge in [-0.15, -0.1) is 0 Å². The molecule has 19 heavy (non-hydrogen) atoms. The van der Waals surface area contributed by atoms with E-state index in [2.05, 4.69) is 37.9 Å². The summed E-state index contributed by atoms with van der Waals surface area (Å²) >= 11 is 0. The molecule has 0 bridgehead atoms. The van der Waals surface area contributed by atoms with Gasteiger partial charge in [0.25, 0.3) is 0 Å². The molecule has 1 rings (SSSR count). The van der Waals surface area contributed by atoms with Gasteiger partial charge in [0.05, 0.1) is 12.7 Å². The van der Waals surface area contributed by atoms with E-state index in [0.29, 0.717) is 12.1 Å². The lowest BCUT2D eigenvalue weighted by Crippen LogP contribution is -2.51. The summed E-state index contributed by atoms with van der Waals surface area (Å²) in [5, 5.41) is 13.1. The van der Waals surface area contributed by atoms with Gasteiger partial charge in [-0.1, -0.05) is 20.8 Å². The summed E-state index contributed by atoms with van der Waals surface area (Å²) in [4.78, 5) is 2.44. The molecule has 2 unspecified atom stereocenters. The number of aliphatic hydroxyl groups is 1. The first-order valence-electron chi connectivity index (χ1n) is 7.71. The van der Waals surface area contributed by atoms with Crippen molar-refractivity contribution < 1.29 is 9.84 Å². The van der Waals surface area contributed by atoms with Crippen molar-refractivity contribution >= 4 is 0 Å². The summed E-state index contributed by atoms with van der Waals surface area (Å²) in [5.74, 6) is 0. The van der Waals surface area contributed by atoms with Crippen molar-refractivity contribution in [1.82, 2.24) is 10.2 Å². The van der Waals surface area contributed by atoms with Crippen LogP contribution < -0.4 is 5.32 Å². The van der Waals surface area contributed by atoms with Crippen LogP contribution in [0.3, 0.4) is 0 Å². The molecule has 1 aliphatic rings. The highest BCUT2D eigenvalue weighted by Gasteiger charge is 2.25. The SMILES string of the molecule is CCN(CCC(C)(CO)NC(C)C)CC1CCCO1. The third-order valence-electron chi connectivity index (χ3n) is 3.90. The van der Waals surface area contributed by atoms with Crippen molar-refractivity contribution in [3.63, 3.8) is 0 Å². The number of nitrogens with zero attached hydrogens (tertiary/aromatic N) is 1. The minimum atomic E-state index is -0.182. The Morgan fingerprint density at radius 2 is 2.21 bits per heavy atom. The fourth-order valence-electron chi connectivity index (χ4n) is 2.75. The fourth-order valence-corrected chi connectivity index (χ4v) is 2.75. The van der Waals surface area contributed by atoms with Gasteiger partial charge in [-0.3, -0.25) is 0 Å². The Balaban J connectivity index is 2.37. The minimum Gasteiger partial charge on any atom is -0.394 e. The average Bonchev–Trinajstić information content (AvgIpc) is 2.86. The van der Waals surface area contributed by atoms with Crippen LogP contribution in [0.2, 0.25) is 0 Å². The topological polar surface area (TPSA) is 44.7 Å². The van der Waals surface area contributed by atoms with Gasteiger partial charge >= 0.3 is 0 Å². The second-order valence-electron chi connectivity index (χ2n) is 6.30. The average molecular weight is 272 g/mol. The maximum Gasteiger partial charge on any atom is 0.0702 e. The van der Waals surface area contributed by atoms with Gasteiger partial charge in [0.1, 0.15) is 0 Å². The van der Waals surface area contributed by atoms with Crippen molar-refractivity contribution in [3.05, 3.63) is 0 Å².